The van der Waals surface area contributed by atoms with Crippen molar-refractivity contribution < 1.29 is 9.90 Å². The van der Waals surface area contributed by atoms with Crippen LogP contribution in [0.25, 0.3) is 0 Å². The Morgan fingerprint density at radius 2 is 2.32 bits per heavy atom. The molecule has 1 N–H and O–H groups in total. The number of aromatic nitrogens is 6. The molecule has 8 nitrogen and oxygen atoms in total. The fraction of sp³-hybridized carbons (Fsp3) is 0.545. The van der Waals surface area contributed by atoms with Crippen LogP contribution < -0.4 is 0 Å². The normalized spacial score (nSPS) is 14.2. The minimum Gasteiger partial charge on any atom is -0.481 e. The van der Waals surface area contributed by atoms with Gasteiger partial charge in [0.2, 0.25) is 0 Å². The molecule has 0 radical (unpaired) electrons. The highest BCUT2D eigenvalue weighted by molar-refractivity contribution is 5.73. The third-order valence-corrected chi connectivity index (χ3v) is 3.26. The number of rotatable bonds is 6. The first kappa shape index (κ1) is 13.2. The number of tetrazole rings is 1. The second-order valence-corrected chi connectivity index (χ2v) is 4.68. The molecule has 0 aromatic carbocycles. The van der Waals surface area contributed by atoms with Crippen molar-refractivity contribution >= 4 is 5.97 Å². The predicted molar refractivity (Wildman–Crippen MR) is 65.2 cm³/mol. The highest BCUT2D eigenvalue weighted by Gasteiger charge is 2.33. The summed E-state index contributed by atoms with van der Waals surface area (Å²) in [4.78, 5) is 11.3. The molecular weight excluding hydrogens is 248 g/mol. The largest absolute Gasteiger partial charge is 0.481 e. The Balaban J connectivity index is 2.18. The summed E-state index contributed by atoms with van der Waals surface area (Å²) in [7, 11) is 0. The van der Waals surface area contributed by atoms with Gasteiger partial charge < -0.3 is 5.11 Å². The smallest absolute Gasteiger partial charge is 0.311 e. The second kappa shape index (κ2) is 5.17. The molecule has 2 heterocycles. The van der Waals surface area contributed by atoms with Crippen LogP contribution >= 0.6 is 0 Å². The number of aliphatic carboxylic acids is 1. The molecule has 2 rings (SSSR count). The molecule has 8 heteroatoms. The van der Waals surface area contributed by atoms with Gasteiger partial charge in [-0.05, 0) is 29.8 Å². The van der Waals surface area contributed by atoms with Gasteiger partial charge in [0, 0.05) is 12.4 Å². The van der Waals surface area contributed by atoms with E-state index in [1.165, 1.54) is 4.68 Å². The summed E-state index contributed by atoms with van der Waals surface area (Å²) in [6.45, 7) is 4.18. The summed E-state index contributed by atoms with van der Waals surface area (Å²) in [5.74, 6) is -0.264. The summed E-state index contributed by atoms with van der Waals surface area (Å²) in [5, 5.41) is 24.7. The van der Waals surface area contributed by atoms with Crippen LogP contribution in [0.1, 0.15) is 26.1 Å². The second-order valence-electron chi connectivity index (χ2n) is 4.68. The van der Waals surface area contributed by atoms with Crippen molar-refractivity contribution in [2.75, 3.05) is 0 Å². The molecule has 0 aliphatic carbocycles. The summed E-state index contributed by atoms with van der Waals surface area (Å²) < 4.78 is 3.21. The molecule has 0 aliphatic rings. The molecule has 0 aliphatic heterocycles. The monoisotopic (exact) mass is 264 g/mol. The van der Waals surface area contributed by atoms with Crippen molar-refractivity contribution in [3.05, 3.63) is 24.3 Å². The van der Waals surface area contributed by atoms with Gasteiger partial charge in [-0.2, -0.15) is 5.10 Å². The zero-order chi connectivity index (χ0) is 13.9. The first-order valence-corrected chi connectivity index (χ1v) is 6.01. The fourth-order valence-corrected chi connectivity index (χ4v) is 1.66. The molecular formula is C11H16N6O2. The van der Waals surface area contributed by atoms with E-state index in [1.54, 1.807) is 24.0 Å². The minimum absolute atomic E-state index is 0.239. The van der Waals surface area contributed by atoms with Gasteiger partial charge in [0.15, 0.2) is 5.82 Å². The van der Waals surface area contributed by atoms with Gasteiger partial charge >= 0.3 is 5.97 Å². The standard InChI is InChI=1S/C11H16N6O2/c1-3-11(2,10(18)19)8-17-9(13-14-15-17)7-16-6-4-5-12-16/h4-6H,3,7-8H2,1-2H3,(H,18,19). The van der Waals surface area contributed by atoms with E-state index in [4.69, 9.17) is 0 Å². The van der Waals surface area contributed by atoms with Gasteiger partial charge in [0.1, 0.15) is 6.54 Å². The van der Waals surface area contributed by atoms with Crippen molar-refractivity contribution in [1.29, 1.82) is 0 Å². The SMILES string of the molecule is CCC(C)(Cn1nnnc1Cn1cccn1)C(=O)O. The zero-order valence-electron chi connectivity index (χ0n) is 10.9. The molecule has 1 atom stereocenters. The average Bonchev–Trinajstić information content (AvgIpc) is 3.02. The van der Waals surface area contributed by atoms with Crippen molar-refractivity contribution in [2.45, 2.75) is 33.4 Å². The van der Waals surface area contributed by atoms with E-state index in [0.717, 1.165) is 0 Å². The van der Waals surface area contributed by atoms with Crippen LogP contribution in [0.15, 0.2) is 18.5 Å². The van der Waals surface area contributed by atoms with Gasteiger partial charge in [-0.1, -0.05) is 6.92 Å². The Morgan fingerprint density at radius 1 is 1.53 bits per heavy atom. The molecule has 0 saturated heterocycles. The maximum Gasteiger partial charge on any atom is 0.311 e. The maximum absolute atomic E-state index is 11.3. The Hall–Kier alpha value is -2.25. The van der Waals surface area contributed by atoms with Crippen molar-refractivity contribution in [3.63, 3.8) is 0 Å². The van der Waals surface area contributed by atoms with E-state index in [0.29, 0.717) is 18.8 Å². The van der Waals surface area contributed by atoms with Crippen LogP contribution in [0, 0.1) is 5.41 Å². The lowest BCUT2D eigenvalue weighted by molar-refractivity contribution is -0.149. The lowest BCUT2D eigenvalue weighted by Gasteiger charge is -2.22. The third kappa shape index (κ3) is 2.78. The highest BCUT2D eigenvalue weighted by atomic mass is 16.4. The van der Waals surface area contributed by atoms with Crippen LogP contribution in [0.2, 0.25) is 0 Å². The predicted octanol–water partition coefficient (Wildman–Crippen LogP) is 0.419. The minimum atomic E-state index is -0.881. The van der Waals surface area contributed by atoms with Crippen molar-refractivity contribution in [1.82, 2.24) is 30.0 Å². The van der Waals surface area contributed by atoms with Crippen LogP contribution in [-0.4, -0.2) is 41.1 Å². The van der Waals surface area contributed by atoms with Gasteiger partial charge in [-0.25, -0.2) is 4.68 Å². The summed E-state index contributed by atoms with van der Waals surface area (Å²) in [6, 6.07) is 1.81. The van der Waals surface area contributed by atoms with Crippen LogP contribution in [-0.2, 0) is 17.9 Å². The number of carboxylic acid groups (broad SMARTS) is 1. The van der Waals surface area contributed by atoms with Crippen LogP contribution in [0.3, 0.4) is 0 Å². The maximum atomic E-state index is 11.3. The summed E-state index contributed by atoms with van der Waals surface area (Å²) in [6.07, 6.45) is 3.97. The van der Waals surface area contributed by atoms with E-state index in [1.807, 2.05) is 13.0 Å². The van der Waals surface area contributed by atoms with Gasteiger partial charge in [0.25, 0.3) is 0 Å². The molecule has 0 amide bonds. The molecule has 2 aromatic rings. The van der Waals surface area contributed by atoms with Crippen LogP contribution in [0.4, 0.5) is 0 Å². The number of carbonyl (C=O) groups is 1. The van der Waals surface area contributed by atoms with Crippen LogP contribution in [0.5, 0.6) is 0 Å². The molecule has 0 fully saturated rings. The molecule has 1 unspecified atom stereocenters. The molecule has 19 heavy (non-hydrogen) atoms. The topological polar surface area (TPSA) is 98.7 Å². The van der Waals surface area contributed by atoms with Gasteiger partial charge in [-0.15, -0.1) is 5.10 Å². The Kier molecular flexibility index (Phi) is 3.59. The number of hydrogen-bond donors (Lipinski definition) is 1. The molecule has 2 aromatic heterocycles. The highest BCUT2D eigenvalue weighted by Crippen LogP contribution is 2.23. The third-order valence-electron chi connectivity index (χ3n) is 3.26. The Labute approximate surface area is 110 Å². The molecule has 0 saturated carbocycles. The average molecular weight is 264 g/mol. The lowest BCUT2D eigenvalue weighted by atomic mass is 9.88. The number of nitrogens with zero attached hydrogens (tertiary/aromatic N) is 6. The van der Waals surface area contributed by atoms with E-state index < -0.39 is 11.4 Å². The quantitative estimate of drug-likeness (QED) is 0.811. The fourth-order valence-electron chi connectivity index (χ4n) is 1.66. The van der Waals surface area contributed by atoms with E-state index >= 15 is 0 Å². The van der Waals surface area contributed by atoms with Crippen molar-refractivity contribution in [3.8, 4) is 0 Å². The summed E-state index contributed by atoms with van der Waals surface area (Å²) in [5.41, 5.74) is -0.881. The molecule has 102 valence electrons. The first-order valence-electron chi connectivity index (χ1n) is 6.01. The lowest BCUT2D eigenvalue weighted by Crippen LogP contribution is -2.33. The van der Waals surface area contributed by atoms with Gasteiger partial charge in [-0.3, -0.25) is 9.48 Å². The number of hydrogen-bond acceptors (Lipinski definition) is 5. The molecule has 0 bridgehead atoms. The Morgan fingerprint density at radius 3 is 2.89 bits per heavy atom. The first-order chi connectivity index (χ1) is 9.05. The Bertz CT molecular complexity index is 549. The van der Waals surface area contributed by atoms with E-state index in [-0.39, 0.29) is 6.54 Å². The van der Waals surface area contributed by atoms with E-state index in [9.17, 15) is 9.90 Å². The zero-order valence-corrected chi connectivity index (χ0v) is 10.9. The number of carboxylic acids is 1. The van der Waals surface area contributed by atoms with Crippen molar-refractivity contribution in [2.24, 2.45) is 5.41 Å². The molecule has 0 spiro atoms. The summed E-state index contributed by atoms with van der Waals surface area (Å²) >= 11 is 0. The van der Waals surface area contributed by atoms with E-state index in [2.05, 4.69) is 20.6 Å². The van der Waals surface area contributed by atoms with Gasteiger partial charge in [0.05, 0.1) is 12.0 Å².